The lowest BCUT2D eigenvalue weighted by Crippen LogP contribution is -2.32. The van der Waals surface area contributed by atoms with Gasteiger partial charge in [0.2, 0.25) is 5.91 Å². The van der Waals surface area contributed by atoms with Crippen molar-refractivity contribution in [3.8, 4) is 5.69 Å². The molecule has 7 nitrogen and oxygen atoms in total. The van der Waals surface area contributed by atoms with Gasteiger partial charge in [-0.25, -0.2) is 9.67 Å². The first-order valence-electron chi connectivity index (χ1n) is 8.78. The highest BCUT2D eigenvalue weighted by molar-refractivity contribution is 5.77. The molecule has 3 rings (SSSR count). The SMILES string of the molecule is CCCCNC(=O)Cn1cnc2c(cnn2-c2cc(C)cc(C)c2)c1=O. The van der Waals surface area contributed by atoms with Crippen LogP contribution in [0.4, 0.5) is 0 Å². The zero-order valence-electron chi connectivity index (χ0n) is 15.3. The van der Waals surface area contributed by atoms with Crippen molar-refractivity contribution in [2.45, 2.75) is 40.2 Å². The maximum Gasteiger partial charge on any atom is 0.264 e. The first-order valence-corrected chi connectivity index (χ1v) is 8.78. The van der Waals surface area contributed by atoms with E-state index in [0.29, 0.717) is 17.6 Å². The van der Waals surface area contributed by atoms with E-state index in [2.05, 4.69) is 28.4 Å². The van der Waals surface area contributed by atoms with Crippen molar-refractivity contribution >= 4 is 16.9 Å². The zero-order chi connectivity index (χ0) is 18.7. The van der Waals surface area contributed by atoms with Crippen molar-refractivity contribution in [2.75, 3.05) is 6.54 Å². The molecule has 0 saturated carbocycles. The fourth-order valence-corrected chi connectivity index (χ4v) is 2.94. The van der Waals surface area contributed by atoms with Gasteiger partial charge in [0, 0.05) is 6.54 Å². The number of carbonyl (C=O) groups is 1. The van der Waals surface area contributed by atoms with Crippen LogP contribution in [0.25, 0.3) is 16.7 Å². The second-order valence-electron chi connectivity index (χ2n) is 6.52. The normalized spacial score (nSPS) is 11.0. The molecule has 2 aromatic heterocycles. The van der Waals surface area contributed by atoms with Gasteiger partial charge in [-0.3, -0.25) is 14.2 Å². The average Bonchev–Trinajstić information content (AvgIpc) is 3.01. The second-order valence-corrected chi connectivity index (χ2v) is 6.52. The molecule has 3 aromatic rings. The Hall–Kier alpha value is -2.96. The van der Waals surface area contributed by atoms with Crippen LogP contribution in [0.1, 0.15) is 30.9 Å². The van der Waals surface area contributed by atoms with Crippen LogP contribution in [0, 0.1) is 13.8 Å². The van der Waals surface area contributed by atoms with Crippen LogP contribution in [0.5, 0.6) is 0 Å². The molecule has 2 heterocycles. The standard InChI is InChI=1S/C19H23N5O2/c1-4-5-6-20-17(25)11-23-12-21-18-16(19(23)26)10-22-24(18)15-8-13(2)7-14(3)9-15/h7-10,12H,4-6,11H2,1-3H3,(H,20,25). The van der Waals surface area contributed by atoms with Gasteiger partial charge >= 0.3 is 0 Å². The zero-order valence-corrected chi connectivity index (χ0v) is 15.3. The molecule has 0 aliphatic rings. The highest BCUT2D eigenvalue weighted by Crippen LogP contribution is 2.16. The lowest BCUT2D eigenvalue weighted by atomic mass is 10.1. The van der Waals surface area contributed by atoms with Gasteiger partial charge in [-0.1, -0.05) is 19.4 Å². The van der Waals surface area contributed by atoms with E-state index in [4.69, 9.17) is 0 Å². The summed E-state index contributed by atoms with van der Waals surface area (Å²) in [6.07, 6.45) is 4.84. The Morgan fingerprint density at radius 2 is 1.92 bits per heavy atom. The van der Waals surface area contributed by atoms with Crippen LogP contribution in [-0.4, -0.2) is 31.8 Å². The summed E-state index contributed by atoms with van der Waals surface area (Å²) in [6, 6.07) is 6.06. The summed E-state index contributed by atoms with van der Waals surface area (Å²) in [4.78, 5) is 29.0. The Kier molecular flexibility index (Phi) is 5.16. The minimum atomic E-state index is -0.267. The number of nitrogens with one attached hydrogen (secondary N) is 1. The van der Waals surface area contributed by atoms with Gasteiger partial charge in [-0.05, 0) is 43.5 Å². The first-order chi connectivity index (χ1) is 12.5. The van der Waals surface area contributed by atoms with Crippen LogP contribution in [-0.2, 0) is 11.3 Å². The van der Waals surface area contributed by atoms with Crippen molar-refractivity contribution in [1.29, 1.82) is 0 Å². The van der Waals surface area contributed by atoms with Gasteiger partial charge in [0.25, 0.3) is 5.56 Å². The van der Waals surface area contributed by atoms with Crippen molar-refractivity contribution in [3.63, 3.8) is 0 Å². The van der Waals surface area contributed by atoms with Crippen molar-refractivity contribution in [3.05, 3.63) is 52.2 Å². The molecule has 0 unspecified atom stereocenters. The van der Waals surface area contributed by atoms with Crippen molar-refractivity contribution < 1.29 is 4.79 Å². The van der Waals surface area contributed by atoms with Crippen LogP contribution >= 0.6 is 0 Å². The average molecular weight is 353 g/mol. The number of rotatable bonds is 6. The van der Waals surface area contributed by atoms with Gasteiger partial charge in [-0.15, -0.1) is 0 Å². The summed E-state index contributed by atoms with van der Waals surface area (Å²) in [5.74, 6) is -0.191. The summed E-state index contributed by atoms with van der Waals surface area (Å²) >= 11 is 0. The fourth-order valence-electron chi connectivity index (χ4n) is 2.94. The molecule has 7 heteroatoms. The molecular formula is C19H23N5O2. The predicted octanol–water partition coefficient (Wildman–Crippen LogP) is 2.12. The number of fused-ring (bicyclic) bond motifs is 1. The third-order valence-electron chi connectivity index (χ3n) is 4.17. The summed E-state index contributed by atoms with van der Waals surface area (Å²) < 4.78 is 2.97. The summed E-state index contributed by atoms with van der Waals surface area (Å²) in [7, 11) is 0. The van der Waals surface area contributed by atoms with E-state index >= 15 is 0 Å². The molecule has 0 spiro atoms. The number of hydrogen-bond donors (Lipinski definition) is 1. The summed E-state index contributed by atoms with van der Waals surface area (Å²) in [6.45, 7) is 6.66. The number of aryl methyl sites for hydroxylation is 2. The molecule has 0 bridgehead atoms. The van der Waals surface area contributed by atoms with E-state index in [1.165, 1.54) is 17.1 Å². The van der Waals surface area contributed by atoms with Crippen molar-refractivity contribution in [2.24, 2.45) is 0 Å². The van der Waals surface area contributed by atoms with Gasteiger partial charge in [-0.2, -0.15) is 5.10 Å². The Balaban J connectivity index is 1.92. The maximum atomic E-state index is 12.7. The molecule has 136 valence electrons. The smallest absolute Gasteiger partial charge is 0.264 e. The Labute approximate surface area is 151 Å². The summed E-state index contributed by atoms with van der Waals surface area (Å²) in [5.41, 5.74) is 3.31. The minimum Gasteiger partial charge on any atom is -0.355 e. The minimum absolute atomic E-state index is 0.0414. The van der Waals surface area contributed by atoms with Gasteiger partial charge in [0.1, 0.15) is 18.3 Å². The number of nitrogens with zero attached hydrogens (tertiary/aromatic N) is 4. The number of carbonyl (C=O) groups excluding carboxylic acids is 1. The van der Waals surface area contributed by atoms with E-state index in [-0.39, 0.29) is 18.0 Å². The van der Waals surface area contributed by atoms with Gasteiger partial charge < -0.3 is 5.32 Å². The molecule has 1 amide bonds. The molecule has 0 aliphatic heterocycles. The van der Waals surface area contributed by atoms with Crippen LogP contribution in [0.2, 0.25) is 0 Å². The van der Waals surface area contributed by atoms with Crippen LogP contribution < -0.4 is 10.9 Å². The molecule has 0 saturated heterocycles. The Morgan fingerprint density at radius 1 is 1.19 bits per heavy atom. The summed E-state index contributed by atoms with van der Waals surface area (Å²) in [5, 5.41) is 7.53. The lowest BCUT2D eigenvalue weighted by molar-refractivity contribution is -0.121. The molecule has 26 heavy (non-hydrogen) atoms. The van der Waals surface area contributed by atoms with E-state index in [0.717, 1.165) is 29.7 Å². The highest BCUT2D eigenvalue weighted by Gasteiger charge is 2.13. The molecule has 0 aliphatic carbocycles. The quantitative estimate of drug-likeness (QED) is 0.688. The largest absolute Gasteiger partial charge is 0.355 e. The third kappa shape index (κ3) is 3.66. The van der Waals surface area contributed by atoms with E-state index < -0.39 is 0 Å². The maximum absolute atomic E-state index is 12.7. The molecule has 0 radical (unpaired) electrons. The predicted molar refractivity (Wildman–Crippen MR) is 101 cm³/mol. The Bertz CT molecular complexity index is 983. The van der Waals surface area contributed by atoms with Crippen LogP contribution in [0.3, 0.4) is 0 Å². The van der Waals surface area contributed by atoms with Crippen LogP contribution in [0.15, 0.2) is 35.5 Å². The molecule has 0 fully saturated rings. The number of hydrogen-bond acceptors (Lipinski definition) is 4. The molecule has 1 N–H and O–H groups in total. The van der Waals surface area contributed by atoms with Gasteiger partial charge in [0.05, 0.1) is 11.9 Å². The lowest BCUT2D eigenvalue weighted by Gasteiger charge is -2.08. The highest BCUT2D eigenvalue weighted by atomic mass is 16.2. The molecular weight excluding hydrogens is 330 g/mol. The number of aromatic nitrogens is 4. The molecule has 1 aromatic carbocycles. The van der Waals surface area contributed by atoms with E-state index in [9.17, 15) is 9.59 Å². The Morgan fingerprint density at radius 3 is 2.62 bits per heavy atom. The first kappa shape index (κ1) is 17.8. The monoisotopic (exact) mass is 353 g/mol. The fraction of sp³-hybridized carbons (Fsp3) is 0.368. The number of amides is 1. The van der Waals surface area contributed by atoms with E-state index in [1.807, 2.05) is 26.0 Å². The second kappa shape index (κ2) is 7.51. The topological polar surface area (TPSA) is 81.8 Å². The van der Waals surface area contributed by atoms with Crippen molar-refractivity contribution in [1.82, 2.24) is 24.6 Å². The number of benzene rings is 1. The third-order valence-corrected chi connectivity index (χ3v) is 4.17. The van der Waals surface area contributed by atoms with Gasteiger partial charge in [0.15, 0.2) is 5.65 Å². The molecule has 0 atom stereocenters. The van der Waals surface area contributed by atoms with E-state index in [1.54, 1.807) is 4.68 Å². The number of unbranched alkanes of at least 4 members (excludes halogenated alkanes) is 1.